The average molecular weight is 350 g/mol. The van der Waals surface area contributed by atoms with Crippen molar-refractivity contribution in [3.8, 4) is 0 Å². The van der Waals surface area contributed by atoms with Crippen molar-refractivity contribution >= 4 is 30.0 Å². The third-order valence-corrected chi connectivity index (χ3v) is 4.37. The number of nitrogens with two attached hydrogens (primary N) is 1. The quantitative estimate of drug-likeness (QED) is 0.429. The van der Waals surface area contributed by atoms with Gasteiger partial charge in [-0.3, -0.25) is 19.3 Å². The van der Waals surface area contributed by atoms with Gasteiger partial charge < -0.3 is 20.4 Å². The Morgan fingerprint density at radius 3 is 2.72 bits per heavy atom. The maximum Gasteiger partial charge on any atom is 0.329 e. The molecule has 0 saturated carbocycles. The van der Waals surface area contributed by atoms with E-state index in [-0.39, 0.29) is 18.4 Å². The highest BCUT2D eigenvalue weighted by atomic mass is 16.5. The molecule has 0 aromatic carbocycles. The third-order valence-electron chi connectivity index (χ3n) is 4.37. The number of carboxylic acid groups (broad SMARTS) is 1. The lowest BCUT2D eigenvalue weighted by atomic mass is 9.75. The van der Waals surface area contributed by atoms with Gasteiger partial charge in [0.15, 0.2) is 0 Å². The Morgan fingerprint density at radius 1 is 1.48 bits per heavy atom. The zero-order chi connectivity index (χ0) is 18.8. The standard InChI is InChI=1S/C16H18N2O7/c1-16-9(4-2-6-11(16)25-8-12(20)21)14(23)18(15(16)24)10(13(17)22)5-3-7-19/h2,4,6-7,10-11H,3,5,8H2,1H3,(H2,17,22)(H,20,21). The van der Waals surface area contributed by atoms with Crippen molar-refractivity contribution in [2.24, 2.45) is 11.1 Å². The minimum Gasteiger partial charge on any atom is -0.480 e. The van der Waals surface area contributed by atoms with Crippen molar-refractivity contribution in [2.75, 3.05) is 6.61 Å². The number of primary amides is 1. The summed E-state index contributed by atoms with van der Waals surface area (Å²) in [5.41, 5.74) is 3.93. The number of carbonyl (C=O) groups is 5. The van der Waals surface area contributed by atoms with Crippen molar-refractivity contribution in [2.45, 2.75) is 31.9 Å². The van der Waals surface area contributed by atoms with Crippen LogP contribution in [0.2, 0.25) is 0 Å². The van der Waals surface area contributed by atoms with Gasteiger partial charge in [-0.1, -0.05) is 18.2 Å². The second kappa shape index (κ2) is 6.98. The van der Waals surface area contributed by atoms with Crippen LogP contribution in [0.3, 0.4) is 0 Å². The van der Waals surface area contributed by atoms with Crippen molar-refractivity contribution in [1.82, 2.24) is 4.90 Å². The first-order chi connectivity index (χ1) is 11.7. The summed E-state index contributed by atoms with van der Waals surface area (Å²) in [5.74, 6) is -3.53. The number of aliphatic carboxylic acids is 1. The Balaban J connectivity index is 2.38. The molecule has 0 bridgehead atoms. The highest BCUT2D eigenvalue weighted by Crippen LogP contribution is 2.45. The van der Waals surface area contributed by atoms with Crippen molar-refractivity contribution in [3.05, 3.63) is 23.8 Å². The summed E-state index contributed by atoms with van der Waals surface area (Å²) in [4.78, 5) is 59.4. The number of allylic oxidation sites excluding steroid dienone is 2. The van der Waals surface area contributed by atoms with Crippen molar-refractivity contribution in [1.29, 1.82) is 0 Å². The van der Waals surface area contributed by atoms with Crippen molar-refractivity contribution < 1.29 is 33.8 Å². The molecule has 3 amide bonds. The van der Waals surface area contributed by atoms with Gasteiger partial charge in [-0.05, 0) is 13.3 Å². The van der Waals surface area contributed by atoms with Gasteiger partial charge in [-0.25, -0.2) is 4.79 Å². The second-order valence-electron chi connectivity index (χ2n) is 5.94. The Bertz CT molecular complexity index is 697. The summed E-state index contributed by atoms with van der Waals surface area (Å²) in [6, 6.07) is -1.26. The van der Waals surface area contributed by atoms with Crippen LogP contribution in [-0.2, 0) is 28.7 Å². The largest absolute Gasteiger partial charge is 0.480 e. The first-order valence-electron chi connectivity index (χ1n) is 7.58. The first-order valence-corrected chi connectivity index (χ1v) is 7.58. The van der Waals surface area contributed by atoms with Gasteiger partial charge in [0.05, 0.1) is 6.10 Å². The zero-order valence-electron chi connectivity index (χ0n) is 13.5. The molecule has 0 aromatic rings. The van der Waals surface area contributed by atoms with Gasteiger partial charge in [0, 0.05) is 12.0 Å². The number of hydrogen-bond donors (Lipinski definition) is 2. The van der Waals surface area contributed by atoms with E-state index < -0.39 is 47.9 Å². The van der Waals surface area contributed by atoms with Gasteiger partial charge in [-0.15, -0.1) is 0 Å². The maximum atomic E-state index is 12.9. The summed E-state index contributed by atoms with van der Waals surface area (Å²) < 4.78 is 5.25. The Hall–Kier alpha value is -2.81. The lowest BCUT2D eigenvalue weighted by Crippen LogP contribution is -2.50. The fourth-order valence-corrected chi connectivity index (χ4v) is 3.06. The van der Waals surface area contributed by atoms with Crippen LogP contribution in [0.1, 0.15) is 19.8 Å². The number of nitrogens with zero attached hydrogens (tertiary/aromatic N) is 1. The molecule has 2 aliphatic rings. The van der Waals surface area contributed by atoms with Crippen LogP contribution in [0.5, 0.6) is 0 Å². The number of carbonyl (C=O) groups excluding carboxylic acids is 4. The topological polar surface area (TPSA) is 144 Å². The molecule has 0 spiro atoms. The molecule has 9 heteroatoms. The lowest BCUT2D eigenvalue weighted by molar-refractivity contribution is -0.154. The van der Waals surface area contributed by atoms with E-state index >= 15 is 0 Å². The molecule has 1 heterocycles. The van der Waals surface area contributed by atoms with Gasteiger partial charge in [0.25, 0.3) is 5.91 Å². The van der Waals surface area contributed by atoms with Gasteiger partial charge in [0.2, 0.25) is 11.8 Å². The van der Waals surface area contributed by atoms with Gasteiger partial charge in [-0.2, -0.15) is 0 Å². The van der Waals surface area contributed by atoms with Crippen LogP contribution in [-0.4, -0.2) is 58.7 Å². The minimum atomic E-state index is -1.46. The lowest BCUT2D eigenvalue weighted by Gasteiger charge is -2.32. The highest BCUT2D eigenvalue weighted by Gasteiger charge is 2.59. The molecule has 25 heavy (non-hydrogen) atoms. The fraction of sp³-hybridized carbons (Fsp3) is 0.438. The molecule has 0 aromatic heterocycles. The molecule has 2 rings (SSSR count). The molecule has 3 atom stereocenters. The number of carboxylic acids is 1. The number of likely N-dealkylation sites (tertiary alicyclic amines) is 1. The molecule has 1 aliphatic carbocycles. The number of imide groups is 1. The van der Waals surface area contributed by atoms with Gasteiger partial charge in [0.1, 0.15) is 24.3 Å². The van der Waals surface area contributed by atoms with E-state index in [0.717, 1.165) is 4.90 Å². The molecule has 1 fully saturated rings. The molecule has 0 radical (unpaired) electrons. The van der Waals surface area contributed by atoms with Crippen LogP contribution in [0.15, 0.2) is 23.8 Å². The highest BCUT2D eigenvalue weighted by molar-refractivity contribution is 6.19. The van der Waals surface area contributed by atoms with Crippen LogP contribution < -0.4 is 5.73 Å². The monoisotopic (exact) mass is 350 g/mol. The maximum absolute atomic E-state index is 12.9. The predicted octanol–water partition coefficient (Wildman–Crippen LogP) is -0.839. The minimum absolute atomic E-state index is 0.0440. The first kappa shape index (κ1) is 18.5. The van der Waals surface area contributed by atoms with E-state index in [4.69, 9.17) is 15.6 Å². The zero-order valence-corrected chi connectivity index (χ0v) is 13.5. The summed E-state index contributed by atoms with van der Waals surface area (Å²) >= 11 is 0. The average Bonchev–Trinajstić information content (AvgIpc) is 2.74. The third kappa shape index (κ3) is 3.10. The van der Waals surface area contributed by atoms with Crippen LogP contribution >= 0.6 is 0 Å². The van der Waals surface area contributed by atoms with E-state index in [1.807, 2.05) is 0 Å². The fourth-order valence-electron chi connectivity index (χ4n) is 3.06. The smallest absolute Gasteiger partial charge is 0.329 e. The molecule has 1 saturated heterocycles. The number of rotatable bonds is 8. The number of fused-ring (bicyclic) bond motifs is 1. The van der Waals surface area contributed by atoms with Crippen LogP contribution in [0.4, 0.5) is 0 Å². The van der Waals surface area contributed by atoms with Gasteiger partial charge >= 0.3 is 5.97 Å². The van der Waals surface area contributed by atoms with E-state index in [0.29, 0.717) is 6.29 Å². The summed E-state index contributed by atoms with van der Waals surface area (Å²) in [7, 11) is 0. The molecular weight excluding hydrogens is 332 g/mol. The summed E-state index contributed by atoms with van der Waals surface area (Å²) in [6.07, 6.45) is 3.86. The predicted molar refractivity (Wildman–Crippen MR) is 82.8 cm³/mol. The molecule has 134 valence electrons. The Morgan fingerprint density at radius 2 is 2.16 bits per heavy atom. The van der Waals surface area contributed by atoms with Crippen LogP contribution in [0, 0.1) is 5.41 Å². The van der Waals surface area contributed by atoms with E-state index in [1.165, 1.54) is 25.2 Å². The van der Waals surface area contributed by atoms with E-state index in [9.17, 15) is 24.0 Å². The molecule has 1 aliphatic heterocycles. The number of hydrogen-bond acceptors (Lipinski definition) is 6. The van der Waals surface area contributed by atoms with Crippen LogP contribution in [0.25, 0.3) is 0 Å². The second-order valence-corrected chi connectivity index (χ2v) is 5.94. The SMILES string of the molecule is CC12C(=O)N(C(CCC=O)C(N)=O)C(=O)C1=CC=CC2OCC(=O)O. The Labute approximate surface area is 143 Å². The normalized spacial score (nSPS) is 26.2. The van der Waals surface area contributed by atoms with Crippen molar-refractivity contribution in [3.63, 3.8) is 0 Å². The summed E-state index contributed by atoms with van der Waals surface area (Å²) in [5, 5.41) is 8.78. The molecule has 9 nitrogen and oxygen atoms in total. The summed E-state index contributed by atoms with van der Waals surface area (Å²) in [6.45, 7) is 0.802. The molecular formula is C16H18N2O7. The van der Waals surface area contributed by atoms with E-state index in [1.54, 1.807) is 0 Å². The Kier molecular flexibility index (Phi) is 5.17. The van der Waals surface area contributed by atoms with E-state index in [2.05, 4.69) is 0 Å². The molecule has 3 unspecified atom stereocenters. The number of aldehydes is 1. The molecule has 3 N–H and O–H groups in total. The number of amides is 3. The number of ether oxygens (including phenoxy) is 1.